The lowest BCUT2D eigenvalue weighted by Crippen LogP contribution is -2.24. The fraction of sp³-hybridized carbons (Fsp3) is 0.385. The fourth-order valence-corrected chi connectivity index (χ4v) is 3.41. The van der Waals surface area contributed by atoms with Crippen LogP contribution in [-0.4, -0.2) is 29.1 Å². The Morgan fingerprint density at radius 3 is 3.00 bits per heavy atom. The number of amides is 1. The summed E-state index contributed by atoms with van der Waals surface area (Å²) in [5, 5.41) is 14.4. The van der Waals surface area contributed by atoms with Gasteiger partial charge in [0.25, 0.3) is 5.91 Å². The summed E-state index contributed by atoms with van der Waals surface area (Å²) in [6.45, 7) is 2.61. The van der Waals surface area contributed by atoms with Gasteiger partial charge in [0.2, 0.25) is 0 Å². The van der Waals surface area contributed by atoms with Gasteiger partial charge in [-0.25, -0.2) is 4.98 Å². The third kappa shape index (κ3) is 3.62. The van der Waals surface area contributed by atoms with Gasteiger partial charge in [-0.3, -0.25) is 4.79 Å². The summed E-state index contributed by atoms with van der Waals surface area (Å²) in [6.07, 6.45) is 1.50. The predicted octanol–water partition coefficient (Wildman–Crippen LogP) is 2.68. The van der Waals surface area contributed by atoms with E-state index in [4.69, 9.17) is 5.11 Å². The molecular weight excluding hydrogens is 280 g/mol. The van der Waals surface area contributed by atoms with Crippen LogP contribution in [-0.2, 0) is 0 Å². The van der Waals surface area contributed by atoms with Gasteiger partial charge in [-0.15, -0.1) is 22.7 Å². The summed E-state index contributed by atoms with van der Waals surface area (Å²) in [5.74, 6) is -0.0734. The Morgan fingerprint density at radius 2 is 2.32 bits per heavy atom. The number of aliphatic hydroxyl groups excluding tert-OH is 1. The van der Waals surface area contributed by atoms with Gasteiger partial charge in [-0.1, -0.05) is 6.07 Å². The molecule has 0 unspecified atom stereocenters. The average molecular weight is 296 g/mol. The lowest BCUT2D eigenvalue weighted by molar-refractivity contribution is 0.0955. The molecule has 0 fully saturated rings. The molecule has 19 heavy (non-hydrogen) atoms. The van der Waals surface area contributed by atoms with E-state index in [0.717, 1.165) is 22.0 Å². The monoisotopic (exact) mass is 296 g/mol. The van der Waals surface area contributed by atoms with Gasteiger partial charge in [-0.2, -0.15) is 0 Å². The van der Waals surface area contributed by atoms with Crippen molar-refractivity contribution in [2.24, 2.45) is 0 Å². The average Bonchev–Trinajstić information content (AvgIpc) is 3.03. The van der Waals surface area contributed by atoms with Crippen LogP contribution in [0, 0.1) is 6.92 Å². The third-order valence-electron chi connectivity index (χ3n) is 2.61. The summed E-state index contributed by atoms with van der Waals surface area (Å²) >= 11 is 3.05. The molecule has 0 spiro atoms. The lowest BCUT2D eigenvalue weighted by Gasteiger charge is -2.02. The van der Waals surface area contributed by atoms with Crippen LogP contribution in [0.3, 0.4) is 0 Å². The van der Waals surface area contributed by atoms with Gasteiger partial charge < -0.3 is 10.4 Å². The number of carbonyl (C=O) groups excluding carboxylic acids is 1. The summed E-state index contributed by atoms with van der Waals surface area (Å²) < 4.78 is 0. The molecule has 0 aliphatic carbocycles. The Morgan fingerprint density at radius 1 is 1.47 bits per heavy atom. The molecule has 102 valence electrons. The van der Waals surface area contributed by atoms with Crippen LogP contribution in [0.5, 0.6) is 0 Å². The highest BCUT2D eigenvalue weighted by atomic mass is 32.1. The normalized spacial score (nSPS) is 10.6. The molecule has 0 aliphatic rings. The Labute approximate surface area is 120 Å². The second-order valence-electron chi connectivity index (χ2n) is 4.10. The summed E-state index contributed by atoms with van der Waals surface area (Å²) in [7, 11) is 0. The number of carbonyl (C=O) groups is 1. The lowest BCUT2D eigenvalue weighted by atomic mass is 10.3. The minimum Gasteiger partial charge on any atom is -0.396 e. The first-order valence-electron chi connectivity index (χ1n) is 6.12. The zero-order valence-electron chi connectivity index (χ0n) is 10.7. The SMILES string of the molecule is Cc1nc(-c2cccs2)sc1C(=O)NCCCCO. The maximum Gasteiger partial charge on any atom is 0.263 e. The predicted molar refractivity (Wildman–Crippen MR) is 78.8 cm³/mol. The van der Waals surface area contributed by atoms with Crippen molar-refractivity contribution < 1.29 is 9.90 Å². The first-order valence-corrected chi connectivity index (χ1v) is 7.82. The molecule has 0 atom stereocenters. The molecule has 0 saturated heterocycles. The van der Waals surface area contributed by atoms with Crippen LogP contribution in [0.1, 0.15) is 28.2 Å². The van der Waals surface area contributed by atoms with E-state index in [1.54, 1.807) is 11.3 Å². The molecule has 0 bridgehead atoms. The zero-order chi connectivity index (χ0) is 13.7. The standard InChI is InChI=1S/C13H16N2O2S2/c1-9-11(12(17)14-6-2-3-7-16)19-13(15-9)10-5-4-8-18-10/h4-5,8,16H,2-3,6-7H2,1H3,(H,14,17). The van der Waals surface area contributed by atoms with Crippen molar-refractivity contribution >= 4 is 28.6 Å². The number of nitrogens with zero attached hydrogens (tertiary/aromatic N) is 1. The van der Waals surface area contributed by atoms with Gasteiger partial charge in [0.05, 0.1) is 10.6 Å². The molecule has 6 heteroatoms. The summed E-state index contributed by atoms with van der Waals surface area (Å²) in [4.78, 5) is 18.2. The number of aromatic nitrogens is 1. The van der Waals surface area contributed by atoms with E-state index in [-0.39, 0.29) is 12.5 Å². The van der Waals surface area contributed by atoms with Crippen LogP contribution in [0.15, 0.2) is 17.5 Å². The Hall–Kier alpha value is -1.24. The molecule has 2 rings (SSSR count). The van der Waals surface area contributed by atoms with E-state index in [9.17, 15) is 4.79 Å². The minimum atomic E-state index is -0.0734. The van der Waals surface area contributed by atoms with Gasteiger partial charge in [0.1, 0.15) is 9.88 Å². The molecule has 2 aromatic heterocycles. The topological polar surface area (TPSA) is 62.2 Å². The zero-order valence-corrected chi connectivity index (χ0v) is 12.3. The molecule has 2 aromatic rings. The van der Waals surface area contributed by atoms with Crippen molar-refractivity contribution in [3.8, 4) is 9.88 Å². The third-order valence-corrected chi connectivity index (χ3v) is 4.80. The number of thiophene rings is 1. The molecule has 2 N–H and O–H groups in total. The van der Waals surface area contributed by atoms with Gasteiger partial charge >= 0.3 is 0 Å². The molecule has 0 radical (unpaired) electrons. The number of rotatable bonds is 6. The molecule has 0 saturated carbocycles. The maximum atomic E-state index is 12.0. The Bertz CT molecular complexity index is 535. The fourth-order valence-electron chi connectivity index (χ4n) is 1.63. The van der Waals surface area contributed by atoms with E-state index in [0.29, 0.717) is 17.8 Å². The van der Waals surface area contributed by atoms with Crippen LogP contribution in [0.25, 0.3) is 9.88 Å². The van der Waals surface area contributed by atoms with Crippen LogP contribution >= 0.6 is 22.7 Å². The van der Waals surface area contributed by atoms with Gasteiger partial charge in [0.15, 0.2) is 0 Å². The van der Waals surface area contributed by atoms with Crippen molar-refractivity contribution in [3.63, 3.8) is 0 Å². The smallest absolute Gasteiger partial charge is 0.263 e. The van der Waals surface area contributed by atoms with E-state index < -0.39 is 0 Å². The van der Waals surface area contributed by atoms with Crippen LogP contribution in [0.4, 0.5) is 0 Å². The second-order valence-corrected chi connectivity index (χ2v) is 6.04. The first kappa shape index (κ1) is 14.2. The summed E-state index contributed by atoms with van der Waals surface area (Å²) in [5.41, 5.74) is 0.771. The Balaban J connectivity index is 2.02. The van der Waals surface area contributed by atoms with E-state index in [2.05, 4.69) is 10.3 Å². The second kappa shape index (κ2) is 6.79. The summed E-state index contributed by atoms with van der Waals surface area (Å²) in [6, 6.07) is 3.98. The highest BCUT2D eigenvalue weighted by Crippen LogP contribution is 2.30. The van der Waals surface area contributed by atoms with Crippen molar-refractivity contribution in [3.05, 3.63) is 28.1 Å². The highest BCUT2D eigenvalue weighted by molar-refractivity contribution is 7.22. The maximum absolute atomic E-state index is 12.0. The van der Waals surface area contributed by atoms with E-state index >= 15 is 0 Å². The minimum absolute atomic E-state index is 0.0734. The van der Waals surface area contributed by atoms with Gasteiger partial charge in [-0.05, 0) is 31.2 Å². The molecule has 0 aliphatic heterocycles. The molecule has 2 heterocycles. The quantitative estimate of drug-likeness (QED) is 0.806. The first-order chi connectivity index (χ1) is 9.22. The highest BCUT2D eigenvalue weighted by Gasteiger charge is 2.16. The number of unbranched alkanes of at least 4 members (excludes halogenated alkanes) is 1. The number of hydrogen-bond acceptors (Lipinski definition) is 5. The number of hydrogen-bond donors (Lipinski definition) is 2. The largest absolute Gasteiger partial charge is 0.396 e. The van der Waals surface area contributed by atoms with E-state index in [1.165, 1.54) is 11.3 Å². The van der Waals surface area contributed by atoms with Crippen molar-refractivity contribution in [1.82, 2.24) is 10.3 Å². The number of thiazole rings is 1. The number of aliphatic hydroxyl groups is 1. The van der Waals surface area contributed by atoms with Crippen molar-refractivity contribution in [1.29, 1.82) is 0 Å². The molecule has 1 amide bonds. The van der Waals surface area contributed by atoms with E-state index in [1.807, 2.05) is 24.4 Å². The van der Waals surface area contributed by atoms with Crippen LogP contribution < -0.4 is 5.32 Å². The Kier molecular flexibility index (Phi) is 5.07. The van der Waals surface area contributed by atoms with Crippen LogP contribution in [0.2, 0.25) is 0 Å². The van der Waals surface area contributed by atoms with Gasteiger partial charge in [0, 0.05) is 13.2 Å². The van der Waals surface area contributed by atoms with Crippen molar-refractivity contribution in [2.45, 2.75) is 19.8 Å². The molecule has 4 nitrogen and oxygen atoms in total. The number of nitrogens with one attached hydrogen (secondary N) is 1. The van der Waals surface area contributed by atoms with Crippen molar-refractivity contribution in [2.75, 3.05) is 13.2 Å². The number of aryl methyl sites for hydroxylation is 1. The molecular formula is C13H16N2O2S2. The molecule has 0 aromatic carbocycles.